The van der Waals surface area contributed by atoms with Crippen LogP contribution in [0.5, 0.6) is 11.5 Å². The predicted molar refractivity (Wildman–Crippen MR) is 82.8 cm³/mol. The van der Waals surface area contributed by atoms with Gasteiger partial charge in [0, 0.05) is 18.5 Å². The van der Waals surface area contributed by atoms with Crippen LogP contribution in [-0.4, -0.2) is 54.4 Å². The van der Waals surface area contributed by atoms with Gasteiger partial charge in [0.05, 0.1) is 20.1 Å². The van der Waals surface area contributed by atoms with Gasteiger partial charge in [-0.2, -0.15) is 18.2 Å². The maximum Gasteiger partial charge on any atom is 0.406 e. The number of halogens is 3. The number of hydrogen-bond acceptors (Lipinski definition) is 6. The van der Waals surface area contributed by atoms with Gasteiger partial charge in [0.25, 0.3) is 0 Å². The number of nitrogens with zero attached hydrogens (tertiary/aromatic N) is 3. The van der Waals surface area contributed by atoms with Crippen molar-refractivity contribution in [1.29, 1.82) is 0 Å². The zero-order valence-corrected chi connectivity index (χ0v) is 14.0. The van der Waals surface area contributed by atoms with Gasteiger partial charge in [0.15, 0.2) is 11.5 Å². The number of benzene rings is 1. The van der Waals surface area contributed by atoms with Crippen molar-refractivity contribution in [2.24, 2.45) is 0 Å². The van der Waals surface area contributed by atoms with Gasteiger partial charge in [-0.15, -0.1) is 0 Å². The zero-order chi connectivity index (χ0) is 18.9. The highest BCUT2D eigenvalue weighted by Gasteiger charge is 2.40. The van der Waals surface area contributed by atoms with Crippen molar-refractivity contribution >= 4 is 5.91 Å². The Labute approximate surface area is 146 Å². The molecule has 0 N–H and O–H groups in total. The van der Waals surface area contributed by atoms with Gasteiger partial charge in [-0.05, 0) is 18.2 Å². The number of hydrogen-bond donors (Lipinski definition) is 0. The lowest BCUT2D eigenvalue weighted by Gasteiger charge is -2.17. The van der Waals surface area contributed by atoms with Gasteiger partial charge in [-0.1, -0.05) is 5.16 Å². The van der Waals surface area contributed by atoms with Crippen molar-refractivity contribution in [3.63, 3.8) is 0 Å². The van der Waals surface area contributed by atoms with E-state index < -0.39 is 24.5 Å². The van der Waals surface area contributed by atoms with E-state index in [0.717, 1.165) is 4.90 Å². The number of ether oxygens (including phenoxy) is 2. The second-order valence-corrected chi connectivity index (χ2v) is 5.82. The van der Waals surface area contributed by atoms with Crippen LogP contribution >= 0.6 is 0 Å². The summed E-state index contributed by atoms with van der Waals surface area (Å²) in [7, 11) is 3.00. The second kappa shape index (κ2) is 6.85. The molecule has 1 amide bonds. The Morgan fingerprint density at radius 2 is 2.00 bits per heavy atom. The van der Waals surface area contributed by atoms with Crippen LogP contribution in [0.4, 0.5) is 13.2 Å². The highest BCUT2D eigenvalue weighted by Crippen LogP contribution is 2.33. The molecule has 3 rings (SSSR count). The number of carbonyl (C=O) groups excluding carboxylic acids is 1. The van der Waals surface area contributed by atoms with Gasteiger partial charge in [-0.25, -0.2) is 0 Å². The molecule has 26 heavy (non-hydrogen) atoms. The van der Waals surface area contributed by atoms with E-state index in [4.69, 9.17) is 14.0 Å². The first kappa shape index (κ1) is 18.0. The predicted octanol–water partition coefficient (Wildman–Crippen LogP) is 2.63. The number of carbonyl (C=O) groups is 1. The van der Waals surface area contributed by atoms with Crippen molar-refractivity contribution in [3.8, 4) is 22.9 Å². The van der Waals surface area contributed by atoms with Crippen molar-refractivity contribution in [2.45, 2.75) is 18.5 Å². The molecule has 1 aromatic carbocycles. The molecule has 0 radical (unpaired) electrons. The average molecular weight is 371 g/mol. The van der Waals surface area contributed by atoms with Crippen LogP contribution in [0.25, 0.3) is 11.4 Å². The Bertz CT molecular complexity index is 806. The zero-order valence-electron chi connectivity index (χ0n) is 14.0. The van der Waals surface area contributed by atoms with Gasteiger partial charge in [-0.3, -0.25) is 4.79 Å². The molecule has 1 aliphatic heterocycles. The first-order valence-corrected chi connectivity index (χ1v) is 7.71. The van der Waals surface area contributed by atoms with E-state index in [1.165, 1.54) is 14.2 Å². The highest BCUT2D eigenvalue weighted by molar-refractivity contribution is 5.79. The van der Waals surface area contributed by atoms with Gasteiger partial charge >= 0.3 is 6.18 Å². The summed E-state index contributed by atoms with van der Waals surface area (Å²) < 4.78 is 53.0. The Balaban J connectivity index is 1.77. The maximum absolute atomic E-state index is 12.5. The molecule has 1 aliphatic rings. The van der Waals surface area contributed by atoms with Crippen LogP contribution in [-0.2, 0) is 4.79 Å². The van der Waals surface area contributed by atoms with Crippen molar-refractivity contribution in [1.82, 2.24) is 15.0 Å². The third-order valence-electron chi connectivity index (χ3n) is 4.02. The van der Waals surface area contributed by atoms with Crippen LogP contribution in [0, 0.1) is 0 Å². The molecular weight excluding hydrogens is 355 g/mol. The number of likely N-dealkylation sites (tertiary alicyclic amines) is 1. The number of aromatic nitrogens is 2. The van der Waals surface area contributed by atoms with E-state index in [9.17, 15) is 18.0 Å². The van der Waals surface area contributed by atoms with Crippen molar-refractivity contribution < 1.29 is 32.0 Å². The summed E-state index contributed by atoms with van der Waals surface area (Å²) in [5.41, 5.74) is 0.592. The van der Waals surface area contributed by atoms with Crippen LogP contribution in [0.1, 0.15) is 18.2 Å². The van der Waals surface area contributed by atoms with Crippen LogP contribution in [0.2, 0.25) is 0 Å². The topological polar surface area (TPSA) is 77.7 Å². The second-order valence-electron chi connectivity index (χ2n) is 5.82. The first-order valence-electron chi connectivity index (χ1n) is 7.71. The molecule has 1 saturated heterocycles. The molecule has 1 fully saturated rings. The molecule has 2 heterocycles. The summed E-state index contributed by atoms with van der Waals surface area (Å²) >= 11 is 0. The van der Waals surface area contributed by atoms with Crippen LogP contribution in [0.15, 0.2) is 22.7 Å². The van der Waals surface area contributed by atoms with Crippen LogP contribution in [0.3, 0.4) is 0 Å². The Kier molecular flexibility index (Phi) is 4.75. The smallest absolute Gasteiger partial charge is 0.406 e. The summed E-state index contributed by atoms with van der Waals surface area (Å²) in [5, 5.41) is 3.85. The fourth-order valence-electron chi connectivity index (χ4n) is 2.80. The molecule has 1 atom stereocenters. The summed E-state index contributed by atoms with van der Waals surface area (Å²) in [6.07, 6.45) is -4.53. The van der Waals surface area contributed by atoms with E-state index >= 15 is 0 Å². The third kappa shape index (κ3) is 3.73. The third-order valence-corrected chi connectivity index (χ3v) is 4.02. The van der Waals surface area contributed by atoms with E-state index in [1.807, 2.05) is 0 Å². The Morgan fingerprint density at radius 1 is 1.27 bits per heavy atom. The molecule has 2 aromatic rings. The summed E-state index contributed by atoms with van der Waals surface area (Å²) in [6, 6.07) is 5.03. The van der Waals surface area contributed by atoms with Gasteiger partial charge < -0.3 is 18.9 Å². The van der Waals surface area contributed by atoms with E-state index in [0.29, 0.717) is 17.1 Å². The van der Waals surface area contributed by atoms with Gasteiger partial charge in [0.1, 0.15) is 6.54 Å². The minimum Gasteiger partial charge on any atom is -0.493 e. The maximum atomic E-state index is 12.5. The quantitative estimate of drug-likeness (QED) is 0.804. The van der Waals surface area contributed by atoms with E-state index in [2.05, 4.69) is 10.1 Å². The molecule has 0 aliphatic carbocycles. The minimum absolute atomic E-state index is 0.0936. The lowest BCUT2D eigenvalue weighted by Crippen LogP contribution is -2.35. The molecular formula is C16H16F3N3O4. The van der Waals surface area contributed by atoms with Crippen molar-refractivity contribution in [2.75, 3.05) is 27.3 Å². The van der Waals surface area contributed by atoms with E-state index in [1.54, 1.807) is 18.2 Å². The highest BCUT2D eigenvalue weighted by atomic mass is 19.4. The summed E-state index contributed by atoms with van der Waals surface area (Å²) in [4.78, 5) is 16.8. The Morgan fingerprint density at radius 3 is 2.65 bits per heavy atom. The number of amides is 1. The number of rotatable bonds is 5. The number of alkyl halides is 3. The molecule has 0 saturated carbocycles. The minimum atomic E-state index is -4.44. The number of methoxy groups -OCH3 is 2. The summed E-state index contributed by atoms with van der Waals surface area (Å²) in [5.74, 6) is 0.243. The van der Waals surface area contributed by atoms with E-state index in [-0.39, 0.29) is 24.7 Å². The molecule has 0 unspecified atom stereocenters. The molecule has 10 heteroatoms. The fraction of sp³-hybridized carbons (Fsp3) is 0.438. The molecule has 7 nitrogen and oxygen atoms in total. The molecule has 1 aromatic heterocycles. The largest absolute Gasteiger partial charge is 0.493 e. The monoisotopic (exact) mass is 371 g/mol. The SMILES string of the molecule is COc1ccc(-c2noc([C@H]3CC(=O)N(CC(F)(F)F)C3)n2)cc1OC. The molecule has 140 valence electrons. The first-order chi connectivity index (χ1) is 12.3. The lowest BCUT2D eigenvalue weighted by atomic mass is 10.1. The Hall–Kier alpha value is -2.78. The van der Waals surface area contributed by atoms with Crippen LogP contribution < -0.4 is 9.47 Å². The van der Waals surface area contributed by atoms with Gasteiger partial charge in [0.2, 0.25) is 17.6 Å². The fourth-order valence-corrected chi connectivity index (χ4v) is 2.80. The van der Waals surface area contributed by atoms with Crippen molar-refractivity contribution in [3.05, 3.63) is 24.1 Å². The summed E-state index contributed by atoms with van der Waals surface area (Å²) in [6.45, 7) is -1.38. The standard InChI is InChI=1S/C16H16F3N3O4/c1-24-11-4-3-9(5-12(11)25-2)14-20-15(26-21-14)10-6-13(23)22(7-10)8-16(17,18)19/h3-5,10H,6-8H2,1-2H3/t10-/m0/s1. The average Bonchev–Trinajstić information content (AvgIpc) is 3.20. The molecule has 0 spiro atoms. The lowest BCUT2D eigenvalue weighted by molar-refractivity contribution is -0.157. The normalized spacial score (nSPS) is 17.7. The molecule has 0 bridgehead atoms.